The Morgan fingerprint density at radius 1 is 1.31 bits per heavy atom. The number of fused-ring (bicyclic) bond motifs is 1. The van der Waals surface area contributed by atoms with Crippen LogP contribution in [-0.2, 0) is 4.65 Å². The van der Waals surface area contributed by atoms with Gasteiger partial charge in [-0.2, -0.15) is 0 Å². The smallest absolute Gasteiger partial charge is 0.492 e. The molecule has 154 valence electrons. The molecule has 4 rings (SSSR count). The highest BCUT2D eigenvalue weighted by atomic mass is 19.2. The van der Waals surface area contributed by atoms with Crippen molar-refractivity contribution in [2.45, 2.75) is 31.3 Å². The van der Waals surface area contributed by atoms with Gasteiger partial charge in [0.05, 0.1) is 18.0 Å². The van der Waals surface area contributed by atoms with Gasteiger partial charge >= 0.3 is 13.4 Å². The van der Waals surface area contributed by atoms with Crippen LogP contribution in [-0.4, -0.2) is 44.2 Å². The largest absolute Gasteiger partial charge is 0.798 e. The lowest BCUT2D eigenvalue weighted by atomic mass is 10.1. The normalized spacial score (nSPS) is 18.9. The first kappa shape index (κ1) is 19.6. The lowest BCUT2D eigenvalue weighted by Crippen LogP contribution is -2.28. The van der Waals surface area contributed by atoms with Crippen molar-refractivity contribution in [1.82, 2.24) is 4.57 Å². The van der Waals surface area contributed by atoms with Crippen LogP contribution in [0.4, 0.5) is 18.7 Å². The van der Waals surface area contributed by atoms with Gasteiger partial charge in [0, 0.05) is 31.4 Å². The van der Waals surface area contributed by atoms with Gasteiger partial charge in [-0.3, -0.25) is 4.79 Å². The Kier molecular flexibility index (Phi) is 4.93. The highest BCUT2D eigenvalue weighted by Crippen LogP contribution is 2.44. The number of benzene rings is 1. The van der Waals surface area contributed by atoms with Crippen molar-refractivity contribution >= 4 is 30.0 Å². The van der Waals surface area contributed by atoms with Crippen molar-refractivity contribution in [3.63, 3.8) is 0 Å². The zero-order chi connectivity index (χ0) is 20.9. The quantitative estimate of drug-likeness (QED) is 0.762. The fourth-order valence-corrected chi connectivity index (χ4v) is 3.85. The number of pyridine rings is 1. The Morgan fingerprint density at radius 3 is 2.59 bits per heavy atom. The molecule has 1 aromatic heterocycles. The Hall–Kier alpha value is -2.69. The SMILES string of the molecule is COc1c(N2CCC(N)C2)c(F)cc2c(=O)c(C(=O)OB(F)F)cn(C3CC3)c12. The average Bonchev–Trinajstić information content (AvgIpc) is 3.41. The van der Waals surface area contributed by atoms with Gasteiger partial charge in [0.25, 0.3) is 0 Å². The molecule has 0 bridgehead atoms. The van der Waals surface area contributed by atoms with Gasteiger partial charge in [-0.05, 0) is 25.3 Å². The van der Waals surface area contributed by atoms with E-state index < -0.39 is 30.2 Å². The van der Waals surface area contributed by atoms with Crippen molar-refractivity contribution in [3.8, 4) is 5.75 Å². The molecule has 2 N–H and O–H groups in total. The molecule has 29 heavy (non-hydrogen) atoms. The molecule has 0 radical (unpaired) electrons. The van der Waals surface area contributed by atoms with E-state index in [1.165, 1.54) is 13.3 Å². The second kappa shape index (κ2) is 7.29. The Balaban J connectivity index is 1.98. The van der Waals surface area contributed by atoms with Crippen LogP contribution in [0.1, 0.15) is 35.7 Å². The predicted molar refractivity (Wildman–Crippen MR) is 101 cm³/mol. The van der Waals surface area contributed by atoms with Gasteiger partial charge < -0.3 is 24.6 Å². The van der Waals surface area contributed by atoms with Crippen LogP contribution in [0.25, 0.3) is 10.9 Å². The van der Waals surface area contributed by atoms with Crippen molar-refractivity contribution in [3.05, 3.63) is 33.9 Å². The lowest BCUT2D eigenvalue weighted by Gasteiger charge is -2.24. The van der Waals surface area contributed by atoms with Crippen LogP contribution in [0, 0.1) is 5.82 Å². The van der Waals surface area contributed by atoms with Crippen LogP contribution in [0.15, 0.2) is 17.1 Å². The third-order valence-corrected chi connectivity index (χ3v) is 5.30. The van der Waals surface area contributed by atoms with Gasteiger partial charge in [0.15, 0.2) is 11.6 Å². The fourth-order valence-electron chi connectivity index (χ4n) is 3.85. The number of hydrogen-bond acceptors (Lipinski definition) is 6. The highest BCUT2D eigenvalue weighted by molar-refractivity contribution is 6.38. The standard InChI is InChI=1S/C18H19BF3N3O4/c1-28-17-14-11(6-13(20)15(17)24-5-4-9(23)7-24)16(26)12(18(27)29-19(21)22)8-25(14)10-2-3-10/h6,8-10H,2-5,7,23H2,1H3. The Bertz CT molecular complexity index is 1040. The van der Waals surface area contributed by atoms with Crippen LogP contribution in [0.2, 0.25) is 0 Å². The molecule has 1 aromatic carbocycles. The Labute approximate surface area is 164 Å². The van der Waals surface area contributed by atoms with E-state index in [9.17, 15) is 18.2 Å². The number of methoxy groups -OCH3 is 1. The molecule has 1 saturated heterocycles. The maximum absolute atomic E-state index is 15.1. The van der Waals surface area contributed by atoms with Crippen LogP contribution in [0.3, 0.4) is 0 Å². The first-order valence-electron chi connectivity index (χ1n) is 9.26. The molecule has 1 aliphatic heterocycles. The lowest BCUT2D eigenvalue weighted by molar-refractivity contribution is 0.0693. The van der Waals surface area contributed by atoms with Crippen LogP contribution in [0.5, 0.6) is 5.75 Å². The first-order chi connectivity index (χ1) is 13.8. The molecule has 11 heteroatoms. The summed E-state index contributed by atoms with van der Waals surface area (Å²) >= 11 is 0. The van der Waals surface area contributed by atoms with E-state index in [2.05, 4.69) is 4.65 Å². The maximum atomic E-state index is 15.1. The summed E-state index contributed by atoms with van der Waals surface area (Å²) in [6.45, 7) is 0.970. The molecule has 1 unspecified atom stereocenters. The monoisotopic (exact) mass is 409 g/mol. The highest BCUT2D eigenvalue weighted by Gasteiger charge is 2.33. The number of aromatic nitrogens is 1. The van der Waals surface area contributed by atoms with E-state index in [-0.39, 0.29) is 28.9 Å². The van der Waals surface area contributed by atoms with E-state index in [4.69, 9.17) is 10.5 Å². The minimum absolute atomic E-state index is 0.0516. The summed E-state index contributed by atoms with van der Waals surface area (Å²) in [6.07, 6.45) is 3.43. The van der Waals surface area contributed by atoms with Gasteiger partial charge in [-0.1, -0.05) is 0 Å². The number of halogens is 3. The number of hydrogen-bond donors (Lipinski definition) is 1. The van der Waals surface area contributed by atoms with Crippen molar-refractivity contribution in [1.29, 1.82) is 0 Å². The first-order valence-corrected chi connectivity index (χ1v) is 9.26. The number of ether oxygens (including phenoxy) is 1. The van der Waals surface area contributed by atoms with Crippen molar-refractivity contribution in [2.24, 2.45) is 5.73 Å². The van der Waals surface area contributed by atoms with Gasteiger partial charge in [-0.15, -0.1) is 0 Å². The molecule has 0 amide bonds. The van der Waals surface area contributed by atoms with E-state index in [1.54, 1.807) is 9.47 Å². The number of carbonyl (C=O) groups excluding carboxylic acids is 1. The number of nitrogens with two attached hydrogens (primary N) is 1. The Morgan fingerprint density at radius 2 is 2.03 bits per heavy atom. The summed E-state index contributed by atoms with van der Waals surface area (Å²) in [5, 5.41) is -0.123. The van der Waals surface area contributed by atoms with Crippen LogP contribution >= 0.6 is 0 Å². The molecule has 2 aromatic rings. The van der Waals surface area contributed by atoms with Crippen molar-refractivity contribution < 1.29 is 27.2 Å². The molecule has 7 nitrogen and oxygen atoms in total. The second-order valence-corrected chi connectivity index (χ2v) is 7.31. The van der Waals surface area contributed by atoms with Crippen LogP contribution < -0.4 is 20.8 Å². The molecular formula is C18H19BF3N3O4. The summed E-state index contributed by atoms with van der Waals surface area (Å²) in [6, 6.07) is 0.869. The maximum Gasteiger partial charge on any atom is 0.798 e. The number of nitrogens with zero attached hydrogens (tertiary/aromatic N) is 2. The molecular weight excluding hydrogens is 390 g/mol. The third kappa shape index (κ3) is 3.43. The molecule has 1 aliphatic carbocycles. The summed E-state index contributed by atoms with van der Waals surface area (Å²) in [7, 11) is -1.99. The average molecular weight is 409 g/mol. The third-order valence-electron chi connectivity index (χ3n) is 5.30. The zero-order valence-electron chi connectivity index (χ0n) is 15.7. The fraction of sp³-hybridized carbons (Fsp3) is 0.444. The number of carbonyl (C=O) groups is 1. The van der Waals surface area contributed by atoms with E-state index in [0.29, 0.717) is 25.0 Å². The molecule has 1 saturated carbocycles. The van der Waals surface area contributed by atoms with Gasteiger partial charge in [-0.25, -0.2) is 17.8 Å². The molecule has 2 heterocycles. The molecule has 0 spiro atoms. The second-order valence-electron chi connectivity index (χ2n) is 7.31. The molecule has 2 fully saturated rings. The minimum atomic E-state index is -3.36. The molecule has 1 atom stereocenters. The summed E-state index contributed by atoms with van der Waals surface area (Å²) < 4.78 is 51.1. The van der Waals surface area contributed by atoms with Gasteiger partial charge in [0.1, 0.15) is 11.3 Å². The summed E-state index contributed by atoms with van der Waals surface area (Å²) in [5.74, 6) is -2.00. The topological polar surface area (TPSA) is 86.8 Å². The van der Waals surface area contributed by atoms with Crippen molar-refractivity contribution in [2.75, 3.05) is 25.1 Å². The summed E-state index contributed by atoms with van der Waals surface area (Å²) in [4.78, 5) is 26.6. The molecule has 2 aliphatic rings. The van der Waals surface area contributed by atoms with Gasteiger partial charge in [0.2, 0.25) is 5.43 Å². The van der Waals surface area contributed by atoms with E-state index in [0.717, 1.165) is 18.9 Å². The number of rotatable bonds is 5. The minimum Gasteiger partial charge on any atom is -0.492 e. The van der Waals surface area contributed by atoms with E-state index in [1.807, 2.05) is 0 Å². The van der Waals surface area contributed by atoms with E-state index >= 15 is 4.39 Å². The summed E-state index contributed by atoms with van der Waals surface area (Å²) in [5.41, 5.74) is 5.02. The zero-order valence-corrected chi connectivity index (χ0v) is 15.7. The predicted octanol–water partition coefficient (Wildman–Crippen LogP) is 2.10. The number of anilines is 1.